The van der Waals surface area contributed by atoms with Crippen LogP contribution in [0, 0.1) is 0 Å². The van der Waals surface area contributed by atoms with Crippen molar-refractivity contribution in [3.63, 3.8) is 0 Å². The first-order valence-electron chi connectivity index (χ1n) is 11.7. The second-order valence-corrected chi connectivity index (χ2v) is 9.17. The molecule has 0 saturated carbocycles. The number of carbonyl (C=O) groups is 6. The Labute approximate surface area is 229 Å². The number of carbonyl (C=O) groups excluding carboxylic acids is 5. The topological polar surface area (TPSA) is 290 Å². The molecule has 0 spiro atoms. The van der Waals surface area contributed by atoms with Crippen molar-refractivity contribution >= 4 is 48.1 Å². The number of amides is 5. The van der Waals surface area contributed by atoms with Crippen molar-refractivity contribution in [1.29, 1.82) is 0 Å². The molecule has 0 saturated heterocycles. The summed E-state index contributed by atoms with van der Waals surface area (Å²) < 4.78 is 0. The fraction of sp³-hybridized carbons (Fsp3) is 0.714. The van der Waals surface area contributed by atoms with Crippen LogP contribution in [0.2, 0.25) is 0 Å². The average Bonchev–Trinajstić information content (AvgIpc) is 2.83. The quantitative estimate of drug-likeness (QED) is 0.0757. The number of nitrogens with two attached hydrogens (primary N) is 1. The number of carboxylic acids is 1. The Balaban J connectivity index is 5.29. The Morgan fingerprint density at radius 1 is 0.667 bits per heavy atom. The molecule has 224 valence electrons. The minimum Gasteiger partial charge on any atom is -0.480 e. The van der Waals surface area contributed by atoms with Crippen molar-refractivity contribution in [2.75, 3.05) is 12.3 Å². The summed E-state index contributed by atoms with van der Waals surface area (Å²) in [5.41, 5.74) is 5.50. The highest BCUT2D eigenvalue weighted by Gasteiger charge is 2.34. The lowest BCUT2D eigenvalue weighted by atomic mass is 10.1. The fourth-order valence-corrected chi connectivity index (χ4v) is 3.12. The van der Waals surface area contributed by atoms with Gasteiger partial charge in [-0.15, -0.1) is 0 Å². The predicted octanol–water partition coefficient (Wildman–Crippen LogP) is -6.09. The molecule has 0 aromatic heterocycles. The molecule has 39 heavy (non-hydrogen) atoms. The molecule has 17 nitrogen and oxygen atoms in total. The molecule has 0 heterocycles. The number of aliphatic carboxylic acids is 1. The van der Waals surface area contributed by atoms with Crippen LogP contribution in [-0.2, 0) is 28.8 Å². The minimum atomic E-state index is -1.67. The van der Waals surface area contributed by atoms with Crippen LogP contribution in [0.4, 0.5) is 0 Å². The van der Waals surface area contributed by atoms with Gasteiger partial charge in [0, 0.05) is 5.75 Å². The summed E-state index contributed by atoms with van der Waals surface area (Å²) in [7, 11) is 0. The maximum atomic E-state index is 12.6. The van der Waals surface area contributed by atoms with Crippen molar-refractivity contribution in [3.05, 3.63) is 0 Å². The van der Waals surface area contributed by atoms with Gasteiger partial charge in [-0.25, -0.2) is 4.79 Å². The Morgan fingerprint density at radius 2 is 1.08 bits per heavy atom. The first-order valence-corrected chi connectivity index (χ1v) is 12.4. The summed E-state index contributed by atoms with van der Waals surface area (Å²) in [6, 6.07) is -7.71. The van der Waals surface area contributed by atoms with E-state index in [0.29, 0.717) is 0 Å². The molecule has 0 radical (unpaired) electrons. The maximum Gasteiger partial charge on any atom is 0.327 e. The van der Waals surface area contributed by atoms with E-state index < -0.39 is 96.7 Å². The van der Waals surface area contributed by atoms with Crippen LogP contribution in [0.3, 0.4) is 0 Å². The Bertz CT molecular complexity index is 886. The molecule has 0 rings (SSSR count). The van der Waals surface area contributed by atoms with Crippen LogP contribution in [0.15, 0.2) is 0 Å². The van der Waals surface area contributed by atoms with Crippen molar-refractivity contribution < 1.29 is 54.3 Å². The number of carboxylic acid groups (broad SMARTS) is 1. The predicted molar refractivity (Wildman–Crippen MR) is 137 cm³/mol. The Kier molecular flexibility index (Phi) is 15.5. The monoisotopic (exact) mass is 582 g/mol. The van der Waals surface area contributed by atoms with Crippen LogP contribution >= 0.6 is 12.6 Å². The van der Waals surface area contributed by atoms with Gasteiger partial charge in [0.1, 0.15) is 30.2 Å². The standard InChI is InChI=1S/C21H38N6O11S/c1-7(28)13(22)17(33)26-16(10(4)31)20(36)27-14(8(2)29)18(34)23-5-12(32)25-15(9(3)30)19(35)24-11(6-39)21(37)38/h7-11,13-16,28-31,39H,5-6,22H2,1-4H3,(H,23,34)(H,24,35)(H,25,32)(H,26,33)(H,27,36)(H,37,38)/t7-,8-,9-,10-,11+,13+,14+,15+,16+/m1/s1. The van der Waals surface area contributed by atoms with E-state index in [1.165, 1.54) is 6.92 Å². The van der Waals surface area contributed by atoms with Crippen molar-refractivity contribution in [1.82, 2.24) is 26.6 Å². The molecular formula is C21H38N6O11S. The summed E-state index contributed by atoms with van der Waals surface area (Å²) in [5.74, 6) is -6.80. The molecule has 0 aromatic carbocycles. The lowest BCUT2D eigenvalue weighted by Gasteiger charge is -2.27. The van der Waals surface area contributed by atoms with E-state index in [4.69, 9.17) is 10.8 Å². The number of rotatable bonds is 16. The molecule has 12 N–H and O–H groups in total. The molecule has 0 bridgehead atoms. The van der Waals surface area contributed by atoms with Gasteiger partial charge in [-0.1, -0.05) is 0 Å². The first kappa shape index (κ1) is 36.0. The van der Waals surface area contributed by atoms with Crippen LogP contribution in [-0.4, -0.2) is 128 Å². The lowest BCUT2D eigenvalue weighted by Crippen LogP contribution is -2.62. The second-order valence-electron chi connectivity index (χ2n) is 8.81. The summed E-state index contributed by atoms with van der Waals surface area (Å²) in [6.07, 6.45) is -5.73. The summed E-state index contributed by atoms with van der Waals surface area (Å²) in [6.45, 7) is 3.89. The molecular weight excluding hydrogens is 544 g/mol. The number of thiol groups is 1. The second kappa shape index (κ2) is 16.8. The van der Waals surface area contributed by atoms with Crippen molar-refractivity contribution in [2.24, 2.45) is 5.73 Å². The van der Waals surface area contributed by atoms with E-state index >= 15 is 0 Å². The lowest BCUT2D eigenvalue weighted by molar-refractivity contribution is -0.142. The molecule has 9 atom stereocenters. The Morgan fingerprint density at radius 3 is 1.49 bits per heavy atom. The number of hydrogen-bond acceptors (Lipinski definition) is 12. The van der Waals surface area contributed by atoms with Crippen LogP contribution < -0.4 is 32.3 Å². The smallest absolute Gasteiger partial charge is 0.327 e. The molecule has 0 aliphatic heterocycles. The van der Waals surface area contributed by atoms with E-state index in [-0.39, 0.29) is 5.75 Å². The molecule has 0 aliphatic carbocycles. The fourth-order valence-electron chi connectivity index (χ4n) is 2.88. The van der Waals surface area contributed by atoms with E-state index in [1.807, 2.05) is 0 Å². The largest absolute Gasteiger partial charge is 0.480 e. The van der Waals surface area contributed by atoms with Gasteiger partial charge in [-0.2, -0.15) is 12.6 Å². The highest BCUT2D eigenvalue weighted by atomic mass is 32.1. The number of hydrogen-bond donors (Lipinski definition) is 12. The minimum absolute atomic E-state index is 0.267. The van der Waals surface area contributed by atoms with Gasteiger partial charge in [-0.3, -0.25) is 24.0 Å². The zero-order valence-electron chi connectivity index (χ0n) is 21.8. The maximum absolute atomic E-state index is 12.6. The average molecular weight is 583 g/mol. The molecule has 0 aromatic rings. The summed E-state index contributed by atoms with van der Waals surface area (Å²) >= 11 is 3.80. The molecule has 0 fully saturated rings. The molecule has 0 aliphatic rings. The van der Waals surface area contributed by atoms with Crippen molar-refractivity contribution in [2.45, 2.75) is 82.3 Å². The third-order valence-corrected chi connectivity index (χ3v) is 5.61. The van der Waals surface area contributed by atoms with E-state index in [1.54, 1.807) is 0 Å². The highest BCUT2D eigenvalue weighted by Crippen LogP contribution is 2.01. The number of aliphatic hydroxyl groups is 4. The first-order chi connectivity index (χ1) is 17.9. The zero-order chi connectivity index (χ0) is 30.6. The van der Waals surface area contributed by atoms with Gasteiger partial charge in [0.15, 0.2) is 0 Å². The van der Waals surface area contributed by atoms with E-state index in [9.17, 15) is 49.2 Å². The number of aliphatic hydroxyl groups excluding tert-OH is 4. The van der Waals surface area contributed by atoms with Gasteiger partial charge in [0.05, 0.1) is 31.0 Å². The normalized spacial score (nSPS) is 18.0. The third-order valence-electron chi connectivity index (χ3n) is 5.25. The van der Waals surface area contributed by atoms with Crippen LogP contribution in [0.1, 0.15) is 27.7 Å². The van der Waals surface area contributed by atoms with E-state index in [2.05, 4.69) is 39.2 Å². The van der Waals surface area contributed by atoms with Crippen molar-refractivity contribution in [3.8, 4) is 0 Å². The Hall–Kier alpha value is -3.03. The van der Waals surface area contributed by atoms with Gasteiger partial charge >= 0.3 is 5.97 Å². The van der Waals surface area contributed by atoms with E-state index in [0.717, 1.165) is 20.8 Å². The van der Waals surface area contributed by atoms with Crippen LogP contribution in [0.5, 0.6) is 0 Å². The SMILES string of the molecule is C[C@@H](O)[C@H](N)C(=O)N[C@H](C(=O)N[C@H](C(=O)NCC(=O)N[C@H](C(=O)N[C@@H](CS)C(=O)O)[C@@H](C)O)[C@@H](C)O)[C@@H](C)O. The molecule has 0 unspecified atom stereocenters. The van der Waals surface area contributed by atoms with Gasteiger partial charge in [0.25, 0.3) is 0 Å². The summed E-state index contributed by atoms with van der Waals surface area (Å²) in [4.78, 5) is 73.0. The van der Waals surface area contributed by atoms with Gasteiger partial charge in [0.2, 0.25) is 29.5 Å². The molecule has 18 heteroatoms. The number of nitrogens with one attached hydrogen (secondary N) is 5. The van der Waals surface area contributed by atoms with Gasteiger partial charge in [-0.05, 0) is 27.7 Å². The summed E-state index contributed by atoms with van der Waals surface area (Å²) in [5, 5.41) is 58.8. The van der Waals surface area contributed by atoms with Crippen LogP contribution in [0.25, 0.3) is 0 Å². The zero-order valence-corrected chi connectivity index (χ0v) is 22.7. The third kappa shape index (κ3) is 12.1. The highest BCUT2D eigenvalue weighted by molar-refractivity contribution is 7.80. The van der Waals surface area contributed by atoms with Gasteiger partial charge < -0.3 is 57.9 Å². The molecule has 5 amide bonds.